The van der Waals surface area contributed by atoms with E-state index in [1.807, 2.05) is 0 Å². The van der Waals surface area contributed by atoms with Gasteiger partial charge in [0.15, 0.2) is 0 Å². The predicted octanol–water partition coefficient (Wildman–Crippen LogP) is 2.31. The molecule has 0 heterocycles. The van der Waals surface area contributed by atoms with Crippen molar-refractivity contribution < 1.29 is 9.18 Å². The van der Waals surface area contributed by atoms with Crippen LogP contribution >= 0.6 is 15.9 Å². The smallest absolute Gasteiger partial charge is 0.253 e. The van der Waals surface area contributed by atoms with E-state index in [0.29, 0.717) is 18.0 Å². The molecule has 0 spiro atoms. The van der Waals surface area contributed by atoms with E-state index in [-0.39, 0.29) is 16.1 Å². The Labute approximate surface area is 101 Å². The first-order chi connectivity index (χ1) is 7.58. The van der Waals surface area contributed by atoms with Crippen molar-refractivity contribution in [3.05, 3.63) is 28.0 Å². The summed E-state index contributed by atoms with van der Waals surface area (Å²) in [5.41, 5.74) is 6.07. The third-order valence-corrected chi connectivity index (χ3v) is 3.19. The molecule has 0 aromatic heterocycles. The van der Waals surface area contributed by atoms with E-state index in [4.69, 9.17) is 5.73 Å². The molecule has 3 N–H and O–H groups in total. The van der Waals surface area contributed by atoms with Gasteiger partial charge in [-0.15, -0.1) is 0 Å². The van der Waals surface area contributed by atoms with Crippen LogP contribution in [0.15, 0.2) is 16.6 Å². The Morgan fingerprint density at radius 1 is 1.56 bits per heavy atom. The van der Waals surface area contributed by atoms with Gasteiger partial charge in [0, 0.05) is 12.2 Å². The molecule has 0 radical (unpaired) electrons. The Morgan fingerprint density at radius 3 is 2.88 bits per heavy atom. The summed E-state index contributed by atoms with van der Waals surface area (Å²) in [5, 5.41) is 2.79. The quantitative estimate of drug-likeness (QED) is 0.838. The third kappa shape index (κ3) is 2.52. The number of carbonyl (C=O) groups is 1. The second kappa shape index (κ2) is 4.41. The molecule has 5 heteroatoms. The van der Waals surface area contributed by atoms with Crippen molar-refractivity contribution in [3.63, 3.8) is 0 Å². The molecule has 1 saturated carbocycles. The average Bonchev–Trinajstić information content (AvgIpc) is 3.03. The summed E-state index contributed by atoms with van der Waals surface area (Å²) >= 11 is 3.03. The van der Waals surface area contributed by atoms with Crippen LogP contribution in [0.3, 0.4) is 0 Å². The number of hydrogen-bond donors (Lipinski definition) is 2. The van der Waals surface area contributed by atoms with E-state index in [1.165, 1.54) is 18.9 Å². The minimum atomic E-state index is -0.462. The molecule has 1 fully saturated rings. The number of nitrogen functional groups attached to an aromatic ring is 1. The Balaban J connectivity index is 2.11. The van der Waals surface area contributed by atoms with Gasteiger partial charge in [0.1, 0.15) is 5.82 Å². The van der Waals surface area contributed by atoms with Crippen LogP contribution in [0.25, 0.3) is 0 Å². The van der Waals surface area contributed by atoms with Crippen molar-refractivity contribution in [1.82, 2.24) is 5.32 Å². The zero-order valence-corrected chi connectivity index (χ0v) is 10.2. The van der Waals surface area contributed by atoms with Gasteiger partial charge in [-0.2, -0.15) is 0 Å². The molecule has 1 amide bonds. The van der Waals surface area contributed by atoms with E-state index in [0.717, 1.165) is 6.07 Å². The van der Waals surface area contributed by atoms with Gasteiger partial charge < -0.3 is 11.1 Å². The SMILES string of the molecule is Nc1cc(F)c(Br)cc1C(=O)NCC1CC1. The zero-order chi connectivity index (χ0) is 11.7. The standard InChI is InChI=1S/C11H12BrFN2O/c12-8-3-7(10(14)4-9(8)13)11(16)15-5-6-1-2-6/h3-4,6H,1-2,5,14H2,(H,15,16). The van der Waals surface area contributed by atoms with Crippen molar-refractivity contribution in [2.24, 2.45) is 5.92 Å². The van der Waals surface area contributed by atoms with Crippen molar-refractivity contribution >= 4 is 27.5 Å². The summed E-state index contributed by atoms with van der Waals surface area (Å²) in [4.78, 5) is 11.7. The number of nitrogens with one attached hydrogen (secondary N) is 1. The van der Waals surface area contributed by atoms with E-state index in [2.05, 4.69) is 21.2 Å². The fourth-order valence-electron chi connectivity index (χ4n) is 1.41. The van der Waals surface area contributed by atoms with Gasteiger partial charge in [-0.3, -0.25) is 4.79 Å². The van der Waals surface area contributed by atoms with Gasteiger partial charge >= 0.3 is 0 Å². The van der Waals surface area contributed by atoms with Crippen LogP contribution in [-0.2, 0) is 0 Å². The molecule has 0 aliphatic heterocycles. The minimum Gasteiger partial charge on any atom is -0.398 e. The van der Waals surface area contributed by atoms with Crippen molar-refractivity contribution in [1.29, 1.82) is 0 Å². The second-order valence-electron chi connectivity index (χ2n) is 4.01. The number of anilines is 1. The molecule has 2 rings (SSSR count). The topological polar surface area (TPSA) is 55.1 Å². The Bertz CT molecular complexity index is 432. The van der Waals surface area contributed by atoms with Crippen LogP contribution in [0, 0.1) is 11.7 Å². The first kappa shape index (κ1) is 11.4. The largest absolute Gasteiger partial charge is 0.398 e. The lowest BCUT2D eigenvalue weighted by atomic mass is 10.1. The molecule has 1 aliphatic carbocycles. The number of carbonyl (C=O) groups excluding carboxylic acids is 1. The van der Waals surface area contributed by atoms with Gasteiger partial charge in [0.25, 0.3) is 5.91 Å². The fourth-order valence-corrected chi connectivity index (χ4v) is 1.76. The molecular formula is C11H12BrFN2O. The van der Waals surface area contributed by atoms with Crippen LogP contribution in [0.4, 0.5) is 10.1 Å². The summed E-state index contributed by atoms with van der Waals surface area (Å²) in [5.74, 6) is -0.101. The highest BCUT2D eigenvalue weighted by Gasteiger charge is 2.22. The van der Waals surface area contributed by atoms with Crippen molar-refractivity contribution in [2.45, 2.75) is 12.8 Å². The highest BCUT2D eigenvalue weighted by atomic mass is 79.9. The van der Waals surface area contributed by atoms with E-state index < -0.39 is 5.82 Å². The van der Waals surface area contributed by atoms with Gasteiger partial charge in [-0.25, -0.2) is 4.39 Å². The molecular weight excluding hydrogens is 275 g/mol. The van der Waals surface area contributed by atoms with Crippen molar-refractivity contribution in [2.75, 3.05) is 12.3 Å². The Kier molecular flexibility index (Phi) is 3.14. The predicted molar refractivity (Wildman–Crippen MR) is 63.6 cm³/mol. The van der Waals surface area contributed by atoms with Crippen LogP contribution in [0.1, 0.15) is 23.2 Å². The summed E-state index contributed by atoms with van der Waals surface area (Å²) in [6, 6.07) is 2.56. The number of hydrogen-bond acceptors (Lipinski definition) is 2. The van der Waals surface area contributed by atoms with Crippen molar-refractivity contribution in [3.8, 4) is 0 Å². The summed E-state index contributed by atoms with van der Waals surface area (Å²) in [6.07, 6.45) is 2.34. The number of amides is 1. The lowest BCUT2D eigenvalue weighted by Crippen LogP contribution is -2.26. The maximum Gasteiger partial charge on any atom is 0.253 e. The van der Waals surface area contributed by atoms with Gasteiger partial charge in [-0.1, -0.05) is 0 Å². The Hall–Kier alpha value is -1.10. The first-order valence-corrected chi connectivity index (χ1v) is 5.90. The highest BCUT2D eigenvalue weighted by Crippen LogP contribution is 2.28. The zero-order valence-electron chi connectivity index (χ0n) is 8.59. The first-order valence-electron chi connectivity index (χ1n) is 5.10. The van der Waals surface area contributed by atoms with Gasteiger partial charge in [0.2, 0.25) is 0 Å². The van der Waals surface area contributed by atoms with Gasteiger partial charge in [-0.05, 0) is 46.8 Å². The molecule has 0 saturated heterocycles. The minimum absolute atomic E-state index is 0.161. The molecule has 0 atom stereocenters. The molecule has 1 aromatic carbocycles. The summed E-state index contributed by atoms with van der Waals surface area (Å²) in [6.45, 7) is 0.674. The lowest BCUT2D eigenvalue weighted by molar-refractivity contribution is 0.0952. The molecule has 3 nitrogen and oxygen atoms in total. The molecule has 0 unspecified atom stereocenters. The van der Waals surface area contributed by atoms with Crippen LogP contribution < -0.4 is 11.1 Å². The monoisotopic (exact) mass is 286 g/mol. The average molecular weight is 287 g/mol. The maximum absolute atomic E-state index is 13.1. The molecule has 86 valence electrons. The number of rotatable bonds is 3. The van der Waals surface area contributed by atoms with Crippen LogP contribution in [-0.4, -0.2) is 12.5 Å². The van der Waals surface area contributed by atoms with Crippen LogP contribution in [0.2, 0.25) is 0 Å². The summed E-state index contributed by atoms with van der Waals surface area (Å²) in [7, 11) is 0. The Morgan fingerprint density at radius 2 is 2.25 bits per heavy atom. The molecule has 1 aromatic rings. The second-order valence-corrected chi connectivity index (χ2v) is 4.86. The number of halogens is 2. The normalized spacial score (nSPS) is 14.9. The molecule has 16 heavy (non-hydrogen) atoms. The highest BCUT2D eigenvalue weighted by molar-refractivity contribution is 9.10. The maximum atomic E-state index is 13.1. The van der Waals surface area contributed by atoms with E-state index in [1.54, 1.807) is 0 Å². The van der Waals surface area contributed by atoms with Gasteiger partial charge in [0.05, 0.1) is 10.0 Å². The van der Waals surface area contributed by atoms with Crippen LogP contribution in [0.5, 0.6) is 0 Å². The molecule has 0 bridgehead atoms. The molecule has 1 aliphatic rings. The number of nitrogens with two attached hydrogens (primary N) is 1. The summed E-state index contributed by atoms with van der Waals surface area (Å²) < 4.78 is 13.3. The van der Waals surface area contributed by atoms with E-state index in [9.17, 15) is 9.18 Å². The third-order valence-electron chi connectivity index (χ3n) is 2.59. The fraction of sp³-hybridized carbons (Fsp3) is 0.364. The lowest BCUT2D eigenvalue weighted by Gasteiger charge is -2.08. The van der Waals surface area contributed by atoms with E-state index >= 15 is 0 Å². The number of benzene rings is 1.